The number of carboxylic acid groups (broad SMARTS) is 1. The summed E-state index contributed by atoms with van der Waals surface area (Å²) in [5, 5.41) is 14.4. The van der Waals surface area contributed by atoms with Gasteiger partial charge in [-0.1, -0.05) is 23.7 Å². The van der Waals surface area contributed by atoms with Crippen molar-refractivity contribution in [3.8, 4) is 0 Å². The highest BCUT2D eigenvalue weighted by molar-refractivity contribution is 6.33. The first kappa shape index (κ1) is 15.1. The largest absolute Gasteiger partial charge is 0.480 e. The number of carbonyl (C=O) groups excluding carboxylic acids is 2. The number of halogens is 1. The molecule has 0 aliphatic carbocycles. The van der Waals surface area contributed by atoms with Gasteiger partial charge in [-0.25, -0.2) is 9.59 Å². The first-order valence-corrected chi connectivity index (χ1v) is 6.60. The predicted octanol–water partition coefficient (Wildman–Crippen LogP) is 1.07. The van der Waals surface area contributed by atoms with E-state index < -0.39 is 23.9 Å². The highest BCUT2D eigenvalue weighted by Gasteiger charge is 2.35. The molecule has 0 radical (unpaired) electrons. The van der Waals surface area contributed by atoms with E-state index in [0.717, 1.165) is 10.5 Å². The standard InChI is InChI=1S/C13H14ClN3O4/c1-7-3-2-4-8(14)11(7)16-13(21)17-6-10(18)15-5-9(17)12(19)20/h2-4,9H,5-6H2,1H3,(H,15,18)(H,16,21)(H,19,20). The number of nitrogens with one attached hydrogen (secondary N) is 2. The van der Waals surface area contributed by atoms with E-state index in [1.807, 2.05) is 0 Å². The van der Waals surface area contributed by atoms with Gasteiger partial charge in [-0.2, -0.15) is 0 Å². The number of urea groups is 1. The van der Waals surface area contributed by atoms with Gasteiger partial charge in [0, 0.05) is 6.54 Å². The number of hydrogen-bond donors (Lipinski definition) is 3. The van der Waals surface area contributed by atoms with E-state index in [9.17, 15) is 14.4 Å². The zero-order valence-corrected chi connectivity index (χ0v) is 12.0. The number of benzene rings is 1. The summed E-state index contributed by atoms with van der Waals surface area (Å²) < 4.78 is 0. The van der Waals surface area contributed by atoms with Crippen LogP contribution in [0.2, 0.25) is 5.02 Å². The predicted molar refractivity (Wildman–Crippen MR) is 76.3 cm³/mol. The normalized spacial score (nSPS) is 18.1. The smallest absolute Gasteiger partial charge is 0.328 e. The van der Waals surface area contributed by atoms with E-state index in [4.69, 9.17) is 16.7 Å². The molecule has 1 unspecified atom stereocenters. The zero-order valence-electron chi connectivity index (χ0n) is 11.2. The molecule has 1 aromatic rings. The molecule has 3 N–H and O–H groups in total. The number of amides is 3. The molecule has 1 aromatic carbocycles. The fourth-order valence-electron chi connectivity index (χ4n) is 2.04. The van der Waals surface area contributed by atoms with E-state index in [2.05, 4.69) is 10.6 Å². The number of aryl methyl sites for hydroxylation is 1. The van der Waals surface area contributed by atoms with Crippen LogP contribution in [0.4, 0.5) is 10.5 Å². The van der Waals surface area contributed by atoms with Gasteiger partial charge in [0.25, 0.3) is 0 Å². The second kappa shape index (κ2) is 6.01. The van der Waals surface area contributed by atoms with Gasteiger partial charge in [0.2, 0.25) is 5.91 Å². The van der Waals surface area contributed by atoms with Crippen molar-refractivity contribution in [2.75, 3.05) is 18.4 Å². The van der Waals surface area contributed by atoms with Gasteiger partial charge in [-0.3, -0.25) is 9.69 Å². The fourth-order valence-corrected chi connectivity index (χ4v) is 2.31. The summed E-state index contributed by atoms with van der Waals surface area (Å²) in [6.45, 7) is 1.33. The lowest BCUT2D eigenvalue weighted by atomic mass is 10.2. The third-order valence-electron chi connectivity index (χ3n) is 3.18. The zero-order chi connectivity index (χ0) is 15.6. The Balaban J connectivity index is 2.21. The second-order valence-corrected chi connectivity index (χ2v) is 5.06. The van der Waals surface area contributed by atoms with E-state index >= 15 is 0 Å². The van der Waals surface area contributed by atoms with Crippen LogP contribution in [0.3, 0.4) is 0 Å². The van der Waals surface area contributed by atoms with Crippen LogP contribution in [-0.2, 0) is 9.59 Å². The lowest BCUT2D eigenvalue weighted by Gasteiger charge is -2.32. The van der Waals surface area contributed by atoms with Crippen molar-refractivity contribution in [2.45, 2.75) is 13.0 Å². The van der Waals surface area contributed by atoms with E-state index in [1.165, 1.54) is 0 Å². The van der Waals surface area contributed by atoms with Crippen LogP contribution >= 0.6 is 11.6 Å². The lowest BCUT2D eigenvalue weighted by Crippen LogP contribution is -2.60. The molecule has 8 heteroatoms. The molecule has 21 heavy (non-hydrogen) atoms. The van der Waals surface area contributed by atoms with E-state index in [1.54, 1.807) is 25.1 Å². The Hall–Kier alpha value is -2.28. The minimum Gasteiger partial charge on any atom is -0.480 e. The highest BCUT2D eigenvalue weighted by atomic mass is 35.5. The summed E-state index contributed by atoms with van der Waals surface area (Å²) in [5.41, 5.74) is 1.14. The number of hydrogen-bond acceptors (Lipinski definition) is 3. The summed E-state index contributed by atoms with van der Waals surface area (Å²) in [4.78, 5) is 35.8. The molecule has 0 bridgehead atoms. The van der Waals surface area contributed by atoms with Crippen molar-refractivity contribution in [1.29, 1.82) is 0 Å². The van der Waals surface area contributed by atoms with Gasteiger partial charge >= 0.3 is 12.0 Å². The summed E-state index contributed by atoms with van der Waals surface area (Å²) in [6.07, 6.45) is 0. The fraction of sp³-hybridized carbons (Fsp3) is 0.308. The number of piperazine rings is 1. The molecule has 3 amide bonds. The Labute approximate surface area is 125 Å². The van der Waals surface area contributed by atoms with Crippen molar-refractivity contribution in [3.05, 3.63) is 28.8 Å². The highest BCUT2D eigenvalue weighted by Crippen LogP contribution is 2.25. The molecule has 1 aliphatic rings. The van der Waals surface area contributed by atoms with Crippen LogP contribution in [0.15, 0.2) is 18.2 Å². The molecule has 0 aromatic heterocycles. The van der Waals surface area contributed by atoms with E-state index in [0.29, 0.717) is 10.7 Å². The average molecular weight is 312 g/mol. The average Bonchev–Trinajstić information content (AvgIpc) is 2.42. The molecule has 1 heterocycles. The minimum absolute atomic E-state index is 0.122. The minimum atomic E-state index is -1.18. The number of carbonyl (C=O) groups is 3. The van der Waals surface area contributed by atoms with Crippen molar-refractivity contribution >= 4 is 35.2 Å². The van der Waals surface area contributed by atoms with Gasteiger partial charge in [0.1, 0.15) is 12.6 Å². The molecule has 0 spiro atoms. The number of rotatable bonds is 2. The van der Waals surface area contributed by atoms with Gasteiger partial charge in [-0.05, 0) is 18.6 Å². The third kappa shape index (κ3) is 3.25. The van der Waals surface area contributed by atoms with Gasteiger partial charge in [0.15, 0.2) is 0 Å². The maximum Gasteiger partial charge on any atom is 0.328 e. The maximum absolute atomic E-state index is 12.2. The molecule has 1 saturated heterocycles. The molecule has 2 rings (SSSR count). The lowest BCUT2D eigenvalue weighted by molar-refractivity contribution is -0.144. The van der Waals surface area contributed by atoms with Crippen LogP contribution in [0, 0.1) is 6.92 Å². The number of anilines is 1. The quantitative estimate of drug-likeness (QED) is 0.760. The summed E-state index contributed by atoms with van der Waals surface area (Å²) in [7, 11) is 0. The van der Waals surface area contributed by atoms with Crippen molar-refractivity contribution < 1.29 is 19.5 Å². The molecule has 1 fully saturated rings. The Morgan fingerprint density at radius 1 is 1.48 bits per heavy atom. The van der Waals surface area contributed by atoms with E-state index in [-0.39, 0.29) is 13.1 Å². The number of para-hydroxylation sites is 1. The first-order valence-electron chi connectivity index (χ1n) is 6.22. The van der Waals surface area contributed by atoms with Crippen LogP contribution in [0.1, 0.15) is 5.56 Å². The van der Waals surface area contributed by atoms with Gasteiger partial charge in [-0.15, -0.1) is 0 Å². The van der Waals surface area contributed by atoms with Crippen molar-refractivity contribution in [1.82, 2.24) is 10.2 Å². The molecule has 0 saturated carbocycles. The molecule has 1 aliphatic heterocycles. The summed E-state index contributed by atoms with van der Waals surface area (Å²) in [5.74, 6) is -1.58. The van der Waals surface area contributed by atoms with Crippen LogP contribution in [-0.4, -0.2) is 47.0 Å². The Bertz CT molecular complexity index is 585. The van der Waals surface area contributed by atoms with Crippen molar-refractivity contribution in [3.63, 3.8) is 0 Å². The molecule has 1 atom stereocenters. The molecule has 112 valence electrons. The Morgan fingerprint density at radius 2 is 2.19 bits per heavy atom. The van der Waals surface area contributed by atoms with Crippen LogP contribution in [0.5, 0.6) is 0 Å². The molecular formula is C13H14ClN3O4. The maximum atomic E-state index is 12.2. The number of nitrogens with zero attached hydrogens (tertiary/aromatic N) is 1. The summed E-state index contributed by atoms with van der Waals surface area (Å²) >= 11 is 6.01. The topological polar surface area (TPSA) is 98.7 Å². The monoisotopic (exact) mass is 311 g/mol. The van der Waals surface area contributed by atoms with Crippen LogP contribution in [0.25, 0.3) is 0 Å². The van der Waals surface area contributed by atoms with Gasteiger partial charge in [0.05, 0.1) is 10.7 Å². The first-order chi connectivity index (χ1) is 9.90. The Kier molecular flexibility index (Phi) is 4.32. The Morgan fingerprint density at radius 3 is 2.81 bits per heavy atom. The molecule has 7 nitrogen and oxygen atoms in total. The van der Waals surface area contributed by atoms with Crippen LogP contribution < -0.4 is 10.6 Å². The number of aliphatic carboxylic acids is 1. The second-order valence-electron chi connectivity index (χ2n) is 4.65. The molecular weight excluding hydrogens is 298 g/mol. The summed E-state index contributed by atoms with van der Waals surface area (Å²) in [6, 6.07) is 3.33. The van der Waals surface area contributed by atoms with Crippen molar-refractivity contribution in [2.24, 2.45) is 0 Å². The SMILES string of the molecule is Cc1cccc(Cl)c1NC(=O)N1CC(=O)NCC1C(=O)O. The number of carboxylic acids is 1. The van der Waals surface area contributed by atoms with Gasteiger partial charge < -0.3 is 15.7 Å². The third-order valence-corrected chi connectivity index (χ3v) is 3.50.